The molecule has 1 N–H and O–H groups in total. The predicted molar refractivity (Wildman–Crippen MR) is 88.6 cm³/mol. The van der Waals surface area contributed by atoms with Crippen molar-refractivity contribution in [2.45, 2.75) is 12.8 Å². The number of carbonyl (C=O) groups excluding carboxylic acids is 1. The molecule has 0 saturated carbocycles. The Bertz CT molecular complexity index is 879. The molecule has 0 radical (unpaired) electrons. The lowest BCUT2D eigenvalue weighted by molar-refractivity contribution is 0.0954. The van der Waals surface area contributed by atoms with Crippen LogP contribution < -0.4 is 10.9 Å². The summed E-state index contributed by atoms with van der Waals surface area (Å²) < 4.78 is 6.80. The van der Waals surface area contributed by atoms with Gasteiger partial charge in [-0.1, -0.05) is 18.2 Å². The lowest BCUT2D eigenvalue weighted by atomic mass is 10.1. The van der Waals surface area contributed by atoms with E-state index >= 15 is 0 Å². The second kappa shape index (κ2) is 6.52. The second-order valence-electron chi connectivity index (χ2n) is 5.41. The number of rotatable bonds is 5. The van der Waals surface area contributed by atoms with Crippen LogP contribution in [0.4, 0.5) is 0 Å². The van der Waals surface area contributed by atoms with E-state index in [1.807, 2.05) is 36.4 Å². The molecule has 3 aromatic rings. The van der Waals surface area contributed by atoms with Gasteiger partial charge in [0, 0.05) is 31.5 Å². The molecule has 0 spiro atoms. The van der Waals surface area contributed by atoms with Crippen molar-refractivity contribution >= 4 is 16.8 Å². The minimum Gasteiger partial charge on any atom is -0.469 e. The van der Waals surface area contributed by atoms with Gasteiger partial charge in [-0.25, -0.2) is 0 Å². The summed E-state index contributed by atoms with van der Waals surface area (Å²) in [5.74, 6) is 0.677. The van der Waals surface area contributed by atoms with Crippen molar-refractivity contribution < 1.29 is 9.21 Å². The maximum atomic E-state index is 12.4. The number of amides is 1. The van der Waals surface area contributed by atoms with Gasteiger partial charge in [0.25, 0.3) is 11.5 Å². The highest BCUT2D eigenvalue weighted by Gasteiger charge is 2.12. The van der Waals surface area contributed by atoms with E-state index in [4.69, 9.17) is 4.42 Å². The van der Waals surface area contributed by atoms with Crippen LogP contribution in [0.1, 0.15) is 22.5 Å². The molecule has 23 heavy (non-hydrogen) atoms. The molecule has 2 aromatic heterocycles. The number of nitrogens with zero attached hydrogens (tertiary/aromatic N) is 1. The normalized spacial score (nSPS) is 10.8. The van der Waals surface area contributed by atoms with Crippen molar-refractivity contribution in [1.29, 1.82) is 0 Å². The topological polar surface area (TPSA) is 64.2 Å². The van der Waals surface area contributed by atoms with Gasteiger partial charge < -0.3 is 14.3 Å². The van der Waals surface area contributed by atoms with Crippen LogP contribution in [0, 0.1) is 0 Å². The Morgan fingerprint density at radius 3 is 2.83 bits per heavy atom. The summed E-state index contributed by atoms with van der Waals surface area (Å²) >= 11 is 0. The Morgan fingerprint density at radius 2 is 2.04 bits per heavy atom. The van der Waals surface area contributed by atoms with Gasteiger partial charge in [0.05, 0.1) is 17.3 Å². The van der Waals surface area contributed by atoms with Crippen LogP contribution in [0.3, 0.4) is 0 Å². The zero-order valence-electron chi connectivity index (χ0n) is 12.9. The number of hydrogen-bond donors (Lipinski definition) is 1. The third-order valence-electron chi connectivity index (χ3n) is 3.86. The molecule has 0 atom stereocenters. The molecule has 5 nitrogen and oxygen atoms in total. The van der Waals surface area contributed by atoms with Gasteiger partial charge in [-0.3, -0.25) is 9.59 Å². The van der Waals surface area contributed by atoms with Crippen molar-refractivity contribution in [1.82, 2.24) is 9.88 Å². The Hall–Kier alpha value is -2.82. The van der Waals surface area contributed by atoms with Crippen LogP contribution in [-0.2, 0) is 13.5 Å². The third kappa shape index (κ3) is 3.18. The lowest BCUT2D eigenvalue weighted by Gasteiger charge is -2.10. The average Bonchev–Trinajstić information content (AvgIpc) is 3.08. The number of carbonyl (C=O) groups is 1. The molecule has 118 valence electrons. The number of nitrogens with one attached hydrogen (secondary N) is 1. The van der Waals surface area contributed by atoms with Gasteiger partial charge in [0.2, 0.25) is 0 Å². The highest BCUT2D eigenvalue weighted by Crippen LogP contribution is 2.16. The van der Waals surface area contributed by atoms with Gasteiger partial charge in [-0.05, 0) is 24.6 Å². The summed E-state index contributed by atoms with van der Waals surface area (Å²) in [5.41, 5.74) is 0.979. The molecular formula is C18H18N2O3. The van der Waals surface area contributed by atoms with E-state index in [-0.39, 0.29) is 11.5 Å². The van der Waals surface area contributed by atoms with Gasteiger partial charge in [-0.15, -0.1) is 0 Å². The fourth-order valence-electron chi connectivity index (χ4n) is 2.61. The van der Waals surface area contributed by atoms with Crippen LogP contribution >= 0.6 is 0 Å². The first-order valence-corrected chi connectivity index (χ1v) is 7.56. The molecule has 3 rings (SSSR count). The molecule has 0 aliphatic carbocycles. The van der Waals surface area contributed by atoms with Crippen molar-refractivity contribution in [3.63, 3.8) is 0 Å². The molecular weight excluding hydrogens is 292 g/mol. The number of hydrogen-bond acceptors (Lipinski definition) is 3. The monoisotopic (exact) mass is 310 g/mol. The summed E-state index contributed by atoms with van der Waals surface area (Å²) in [5, 5.41) is 3.65. The maximum Gasteiger partial charge on any atom is 0.252 e. The average molecular weight is 310 g/mol. The molecule has 2 heterocycles. The molecule has 0 unspecified atom stereocenters. The van der Waals surface area contributed by atoms with Gasteiger partial charge in [-0.2, -0.15) is 0 Å². The van der Waals surface area contributed by atoms with Crippen molar-refractivity contribution in [3.8, 4) is 0 Å². The Labute approximate surface area is 133 Å². The fourth-order valence-corrected chi connectivity index (χ4v) is 2.61. The lowest BCUT2D eigenvalue weighted by Crippen LogP contribution is -2.28. The molecule has 1 amide bonds. The number of furan rings is 1. The maximum absolute atomic E-state index is 12.4. The van der Waals surface area contributed by atoms with Crippen LogP contribution in [0.25, 0.3) is 10.9 Å². The quantitative estimate of drug-likeness (QED) is 0.736. The number of para-hydroxylation sites is 1. The van der Waals surface area contributed by atoms with E-state index < -0.39 is 0 Å². The summed E-state index contributed by atoms with van der Waals surface area (Å²) in [4.78, 5) is 24.4. The predicted octanol–water partition coefficient (Wildman–Crippen LogP) is 2.49. The van der Waals surface area contributed by atoms with Crippen LogP contribution in [0.5, 0.6) is 0 Å². The SMILES string of the molecule is Cn1c(=O)cc(C(=O)NCCCc2ccco2)c2ccccc21. The van der Waals surface area contributed by atoms with Gasteiger partial charge >= 0.3 is 0 Å². The highest BCUT2D eigenvalue weighted by atomic mass is 16.3. The van der Waals surface area contributed by atoms with E-state index in [2.05, 4.69) is 5.32 Å². The smallest absolute Gasteiger partial charge is 0.252 e. The zero-order valence-corrected chi connectivity index (χ0v) is 12.9. The Kier molecular flexibility index (Phi) is 4.28. The van der Waals surface area contributed by atoms with Crippen molar-refractivity contribution in [2.24, 2.45) is 7.05 Å². The summed E-state index contributed by atoms with van der Waals surface area (Å²) in [6.45, 7) is 0.531. The number of fused-ring (bicyclic) bond motifs is 1. The first-order chi connectivity index (χ1) is 11.2. The van der Waals surface area contributed by atoms with Crippen LogP contribution in [-0.4, -0.2) is 17.0 Å². The molecule has 0 bridgehead atoms. The number of pyridine rings is 1. The van der Waals surface area contributed by atoms with E-state index in [0.717, 1.165) is 29.5 Å². The highest BCUT2D eigenvalue weighted by molar-refractivity contribution is 6.06. The second-order valence-corrected chi connectivity index (χ2v) is 5.41. The molecule has 1 aromatic carbocycles. The summed E-state index contributed by atoms with van der Waals surface area (Å²) in [6.07, 6.45) is 3.19. The molecule has 0 fully saturated rings. The number of aromatic nitrogens is 1. The Morgan fingerprint density at radius 1 is 1.22 bits per heavy atom. The minimum absolute atomic E-state index is 0.190. The minimum atomic E-state index is -0.224. The van der Waals surface area contributed by atoms with Crippen molar-refractivity contribution in [2.75, 3.05) is 6.54 Å². The molecule has 5 heteroatoms. The van der Waals surface area contributed by atoms with E-state index in [0.29, 0.717) is 12.1 Å². The first-order valence-electron chi connectivity index (χ1n) is 7.56. The van der Waals surface area contributed by atoms with Gasteiger partial charge in [0.1, 0.15) is 5.76 Å². The summed E-state index contributed by atoms with van der Waals surface area (Å²) in [7, 11) is 1.70. The number of benzene rings is 1. The van der Waals surface area contributed by atoms with Crippen molar-refractivity contribution in [3.05, 3.63) is 70.4 Å². The zero-order chi connectivity index (χ0) is 16.2. The number of aryl methyl sites for hydroxylation is 2. The Balaban J connectivity index is 1.73. The largest absolute Gasteiger partial charge is 0.469 e. The summed E-state index contributed by atoms with van der Waals surface area (Å²) in [6, 6.07) is 12.6. The van der Waals surface area contributed by atoms with Gasteiger partial charge in [0.15, 0.2) is 0 Å². The van der Waals surface area contributed by atoms with E-state index in [1.54, 1.807) is 17.9 Å². The molecule has 0 aliphatic rings. The van der Waals surface area contributed by atoms with Crippen LogP contribution in [0.15, 0.2) is 57.9 Å². The standard InChI is InChI=1S/C18H18N2O3/c1-20-16-9-3-2-8-14(16)15(12-17(20)21)18(22)19-10-4-6-13-7-5-11-23-13/h2-3,5,7-9,11-12H,4,6,10H2,1H3,(H,19,22). The first kappa shape index (κ1) is 15.1. The van der Waals surface area contributed by atoms with E-state index in [1.165, 1.54) is 6.07 Å². The van der Waals surface area contributed by atoms with E-state index in [9.17, 15) is 9.59 Å². The third-order valence-corrected chi connectivity index (χ3v) is 3.86. The molecule has 0 saturated heterocycles. The van der Waals surface area contributed by atoms with Crippen LogP contribution in [0.2, 0.25) is 0 Å². The molecule has 0 aliphatic heterocycles. The fraction of sp³-hybridized carbons (Fsp3) is 0.222.